The maximum atomic E-state index is 12.6. The fraction of sp³-hybridized carbons (Fsp3) is 0.375. The minimum Gasteiger partial charge on any atom is -0.342 e. The van der Waals surface area contributed by atoms with Crippen LogP contribution in [0.25, 0.3) is 5.65 Å². The second-order valence-corrected chi connectivity index (χ2v) is 5.82. The molecule has 8 heteroatoms. The summed E-state index contributed by atoms with van der Waals surface area (Å²) in [5.41, 5.74) is 0.877. The van der Waals surface area contributed by atoms with Crippen molar-refractivity contribution in [3.8, 4) is 0 Å². The Hall–Kier alpha value is -2.90. The molecule has 8 nitrogen and oxygen atoms in total. The number of hydrogen-bond acceptors (Lipinski definition) is 4. The molecule has 1 unspecified atom stereocenters. The lowest BCUT2D eigenvalue weighted by Gasteiger charge is -2.17. The van der Waals surface area contributed by atoms with Crippen LogP contribution in [0.4, 0.5) is 0 Å². The second kappa shape index (κ2) is 6.31. The molecule has 3 aromatic heterocycles. The molecule has 0 fully saturated rings. The maximum absolute atomic E-state index is 12.6. The molecule has 0 aliphatic heterocycles. The number of aromatic amines is 1. The van der Waals surface area contributed by atoms with Crippen molar-refractivity contribution in [1.29, 1.82) is 0 Å². The highest BCUT2D eigenvalue weighted by Gasteiger charge is 2.21. The summed E-state index contributed by atoms with van der Waals surface area (Å²) in [6, 6.07) is 1.49. The van der Waals surface area contributed by atoms with Crippen LogP contribution in [0.2, 0.25) is 0 Å². The van der Waals surface area contributed by atoms with E-state index >= 15 is 0 Å². The van der Waals surface area contributed by atoms with Crippen molar-refractivity contribution in [1.82, 2.24) is 29.5 Å². The molecule has 1 atom stereocenters. The first-order chi connectivity index (χ1) is 11.5. The molecule has 1 amide bonds. The van der Waals surface area contributed by atoms with Gasteiger partial charge in [-0.3, -0.25) is 14.7 Å². The highest BCUT2D eigenvalue weighted by atomic mass is 16.2. The molecule has 0 aromatic carbocycles. The summed E-state index contributed by atoms with van der Waals surface area (Å²) in [6.07, 6.45) is 6.45. The van der Waals surface area contributed by atoms with Crippen LogP contribution in [-0.4, -0.2) is 30.1 Å². The van der Waals surface area contributed by atoms with Gasteiger partial charge in [0.2, 0.25) is 0 Å². The summed E-state index contributed by atoms with van der Waals surface area (Å²) >= 11 is 0. The zero-order valence-corrected chi connectivity index (χ0v) is 13.9. The summed E-state index contributed by atoms with van der Waals surface area (Å²) in [4.78, 5) is 33.5. The van der Waals surface area contributed by atoms with Crippen LogP contribution in [-0.2, 0) is 7.05 Å². The van der Waals surface area contributed by atoms with E-state index in [0.717, 1.165) is 24.4 Å². The van der Waals surface area contributed by atoms with E-state index in [-0.39, 0.29) is 11.6 Å². The number of nitrogens with one attached hydrogen (secondary N) is 2. The zero-order chi connectivity index (χ0) is 17.3. The van der Waals surface area contributed by atoms with E-state index in [1.54, 1.807) is 12.3 Å². The first-order valence-electron chi connectivity index (χ1n) is 7.86. The van der Waals surface area contributed by atoms with Gasteiger partial charge in [0.05, 0.1) is 6.04 Å². The van der Waals surface area contributed by atoms with Crippen LogP contribution >= 0.6 is 0 Å². The monoisotopic (exact) mass is 328 g/mol. The molecule has 126 valence electrons. The number of carbonyl (C=O) groups is 1. The number of aryl methyl sites for hydroxylation is 2. The quantitative estimate of drug-likeness (QED) is 0.738. The van der Waals surface area contributed by atoms with Crippen molar-refractivity contribution in [2.24, 2.45) is 7.05 Å². The topological polar surface area (TPSA) is 97.1 Å². The van der Waals surface area contributed by atoms with Crippen molar-refractivity contribution in [2.45, 2.75) is 32.7 Å². The van der Waals surface area contributed by atoms with Crippen LogP contribution < -0.4 is 10.9 Å². The Morgan fingerprint density at radius 2 is 2.21 bits per heavy atom. The molecule has 3 aromatic rings. The minimum atomic E-state index is -0.449. The summed E-state index contributed by atoms with van der Waals surface area (Å²) in [5, 5.41) is 5.78. The lowest BCUT2D eigenvalue weighted by Crippen LogP contribution is -2.35. The summed E-state index contributed by atoms with van der Waals surface area (Å²) in [6.45, 7) is 3.86. The van der Waals surface area contributed by atoms with Crippen LogP contribution in [0.5, 0.6) is 0 Å². The van der Waals surface area contributed by atoms with Gasteiger partial charge >= 0.3 is 0 Å². The molecule has 0 saturated carbocycles. The maximum Gasteiger partial charge on any atom is 0.285 e. The van der Waals surface area contributed by atoms with Gasteiger partial charge in [-0.25, -0.2) is 14.5 Å². The van der Waals surface area contributed by atoms with Crippen LogP contribution in [0.3, 0.4) is 0 Å². The third-order valence-electron chi connectivity index (χ3n) is 3.92. The Morgan fingerprint density at radius 1 is 1.42 bits per heavy atom. The van der Waals surface area contributed by atoms with Crippen molar-refractivity contribution in [3.05, 3.63) is 52.1 Å². The molecule has 3 heterocycles. The van der Waals surface area contributed by atoms with Gasteiger partial charge in [0.25, 0.3) is 11.5 Å². The Morgan fingerprint density at radius 3 is 2.88 bits per heavy atom. The van der Waals surface area contributed by atoms with E-state index < -0.39 is 11.5 Å². The van der Waals surface area contributed by atoms with Crippen LogP contribution in [0.1, 0.15) is 47.7 Å². The molecule has 0 aliphatic rings. The van der Waals surface area contributed by atoms with Crippen LogP contribution in [0.15, 0.2) is 29.5 Å². The van der Waals surface area contributed by atoms with Crippen LogP contribution in [0, 0.1) is 6.92 Å². The molecular weight excluding hydrogens is 308 g/mol. The Bertz CT molecular complexity index is 936. The summed E-state index contributed by atoms with van der Waals surface area (Å²) < 4.78 is 3.14. The van der Waals surface area contributed by atoms with E-state index in [9.17, 15) is 9.59 Å². The summed E-state index contributed by atoms with van der Waals surface area (Å²) in [7, 11) is 1.88. The zero-order valence-electron chi connectivity index (χ0n) is 13.9. The number of carbonyl (C=O) groups excluding carboxylic acids is 1. The van der Waals surface area contributed by atoms with E-state index in [1.165, 1.54) is 10.7 Å². The average molecular weight is 328 g/mol. The minimum absolute atomic E-state index is 0.00432. The lowest BCUT2D eigenvalue weighted by atomic mass is 10.1. The lowest BCUT2D eigenvalue weighted by molar-refractivity contribution is 0.0929. The van der Waals surface area contributed by atoms with Gasteiger partial charge in [-0.05, 0) is 13.3 Å². The van der Waals surface area contributed by atoms with E-state index in [2.05, 4.69) is 20.4 Å². The Kier molecular flexibility index (Phi) is 4.20. The molecule has 0 radical (unpaired) electrons. The standard InChI is InChI=1S/C16H20N6O2/c1-4-5-12(14-17-6-7-21(14)3)19-15(23)11-9-18-13-8-10(2)20-22(13)16(11)24/h6-9,12,20H,4-5H2,1-3H3,(H,19,23). The Labute approximate surface area is 138 Å². The first kappa shape index (κ1) is 16.0. The fourth-order valence-electron chi connectivity index (χ4n) is 2.74. The molecule has 0 aliphatic carbocycles. The number of aromatic nitrogens is 5. The first-order valence-corrected chi connectivity index (χ1v) is 7.86. The van der Waals surface area contributed by atoms with Crippen molar-refractivity contribution in [3.63, 3.8) is 0 Å². The summed E-state index contributed by atoms with van der Waals surface area (Å²) in [5.74, 6) is 0.311. The highest BCUT2D eigenvalue weighted by molar-refractivity contribution is 5.93. The average Bonchev–Trinajstić information content (AvgIpc) is 3.12. The van der Waals surface area contributed by atoms with Gasteiger partial charge in [0.1, 0.15) is 11.4 Å². The SMILES string of the molecule is CCCC(NC(=O)c1cnc2cc(C)[nH]n2c1=O)c1nccn1C. The van der Waals surface area contributed by atoms with Gasteiger partial charge < -0.3 is 9.88 Å². The van der Waals surface area contributed by atoms with Crippen molar-refractivity contribution >= 4 is 11.6 Å². The van der Waals surface area contributed by atoms with E-state index in [4.69, 9.17) is 0 Å². The predicted molar refractivity (Wildman–Crippen MR) is 88.9 cm³/mol. The predicted octanol–water partition coefficient (Wildman–Crippen LogP) is 1.34. The van der Waals surface area contributed by atoms with Crippen molar-refractivity contribution < 1.29 is 4.79 Å². The number of rotatable bonds is 5. The van der Waals surface area contributed by atoms with Gasteiger partial charge in [0, 0.05) is 37.4 Å². The number of H-pyrrole nitrogens is 1. The number of hydrogen-bond donors (Lipinski definition) is 2. The van der Waals surface area contributed by atoms with Gasteiger partial charge in [-0.15, -0.1) is 0 Å². The van der Waals surface area contributed by atoms with E-state index in [1.807, 2.05) is 31.7 Å². The molecule has 0 bridgehead atoms. The van der Waals surface area contributed by atoms with E-state index in [0.29, 0.717) is 5.65 Å². The number of nitrogens with zero attached hydrogens (tertiary/aromatic N) is 4. The molecule has 3 rings (SSSR count). The molecule has 24 heavy (non-hydrogen) atoms. The number of amides is 1. The fourth-order valence-corrected chi connectivity index (χ4v) is 2.74. The Balaban J connectivity index is 1.92. The van der Waals surface area contributed by atoms with Gasteiger partial charge in [-0.2, -0.15) is 0 Å². The van der Waals surface area contributed by atoms with Gasteiger partial charge in [-0.1, -0.05) is 13.3 Å². The molecular formula is C16H20N6O2. The second-order valence-electron chi connectivity index (χ2n) is 5.82. The van der Waals surface area contributed by atoms with Crippen molar-refractivity contribution in [2.75, 3.05) is 0 Å². The largest absolute Gasteiger partial charge is 0.342 e. The van der Waals surface area contributed by atoms with Gasteiger partial charge in [0.15, 0.2) is 5.65 Å². The third-order valence-corrected chi connectivity index (χ3v) is 3.92. The normalized spacial score (nSPS) is 12.5. The smallest absolute Gasteiger partial charge is 0.285 e. The molecule has 0 saturated heterocycles. The third kappa shape index (κ3) is 2.82. The number of imidazole rings is 1. The highest BCUT2D eigenvalue weighted by Crippen LogP contribution is 2.16. The molecule has 2 N–H and O–H groups in total. The number of fused-ring (bicyclic) bond motifs is 1. The molecule has 0 spiro atoms.